The molecule has 1 saturated carbocycles. The summed E-state index contributed by atoms with van der Waals surface area (Å²) < 4.78 is 0. The largest absolute Gasteiger partial charge is 0.351 e. The van der Waals surface area contributed by atoms with Crippen molar-refractivity contribution in [2.24, 2.45) is 11.7 Å². The number of carbonyl (C=O) groups is 1. The highest BCUT2D eigenvalue weighted by Gasteiger charge is 2.38. The van der Waals surface area contributed by atoms with E-state index in [0.717, 1.165) is 25.0 Å². The van der Waals surface area contributed by atoms with E-state index in [9.17, 15) is 4.79 Å². The summed E-state index contributed by atoms with van der Waals surface area (Å²) in [6.45, 7) is 4.21. The van der Waals surface area contributed by atoms with E-state index in [1.165, 1.54) is 6.42 Å². The third kappa shape index (κ3) is 3.67. The third-order valence-electron chi connectivity index (χ3n) is 3.28. The van der Waals surface area contributed by atoms with Gasteiger partial charge in [0.05, 0.1) is 5.54 Å². The average molecular weight is 244 g/mol. The van der Waals surface area contributed by atoms with Crippen molar-refractivity contribution in [2.45, 2.75) is 51.1 Å². The van der Waals surface area contributed by atoms with Crippen LogP contribution in [0, 0.1) is 5.92 Å². The fourth-order valence-corrected chi connectivity index (χ4v) is 3.04. The second-order valence-electron chi connectivity index (χ2n) is 5.19. The van der Waals surface area contributed by atoms with Crippen LogP contribution >= 0.6 is 11.8 Å². The molecule has 0 radical (unpaired) electrons. The molecular weight excluding hydrogens is 220 g/mol. The molecule has 94 valence electrons. The van der Waals surface area contributed by atoms with Gasteiger partial charge in [-0.3, -0.25) is 4.79 Å². The fraction of sp³-hybridized carbons (Fsp3) is 0.917. The van der Waals surface area contributed by atoms with Crippen molar-refractivity contribution in [3.05, 3.63) is 0 Å². The number of carbonyl (C=O) groups excluding carboxylic acids is 1. The van der Waals surface area contributed by atoms with Gasteiger partial charge in [0, 0.05) is 11.8 Å². The lowest BCUT2D eigenvalue weighted by molar-refractivity contribution is -0.128. The van der Waals surface area contributed by atoms with Crippen LogP contribution in [-0.2, 0) is 4.79 Å². The first-order valence-electron chi connectivity index (χ1n) is 6.06. The molecule has 1 fully saturated rings. The number of rotatable bonds is 4. The van der Waals surface area contributed by atoms with Gasteiger partial charge in [0.25, 0.3) is 0 Å². The van der Waals surface area contributed by atoms with Crippen molar-refractivity contribution in [3.8, 4) is 0 Å². The van der Waals surface area contributed by atoms with Gasteiger partial charge in [0.1, 0.15) is 0 Å². The van der Waals surface area contributed by atoms with Gasteiger partial charge in [-0.05, 0) is 31.9 Å². The summed E-state index contributed by atoms with van der Waals surface area (Å²) in [6, 6.07) is 0.208. The van der Waals surface area contributed by atoms with E-state index in [1.807, 2.05) is 13.2 Å². The maximum atomic E-state index is 12.1. The molecule has 0 aromatic carbocycles. The van der Waals surface area contributed by atoms with Crippen molar-refractivity contribution < 1.29 is 4.79 Å². The zero-order valence-electron chi connectivity index (χ0n) is 10.6. The first kappa shape index (κ1) is 13.8. The number of hydrogen-bond donors (Lipinski definition) is 2. The smallest absolute Gasteiger partial charge is 0.240 e. The van der Waals surface area contributed by atoms with Crippen LogP contribution in [0.5, 0.6) is 0 Å². The molecule has 0 aromatic rings. The molecule has 0 saturated heterocycles. The summed E-state index contributed by atoms with van der Waals surface area (Å²) in [5.74, 6) is 1.55. The monoisotopic (exact) mass is 244 g/mol. The summed E-state index contributed by atoms with van der Waals surface area (Å²) in [5.41, 5.74) is 5.60. The highest BCUT2D eigenvalue weighted by molar-refractivity contribution is 7.98. The van der Waals surface area contributed by atoms with Gasteiger partial charge in [-0.25, -0.2) is 0 Å². The first-order chi connectivity index (χ1) is 7.48. The van der Waals surface area contributed by atoms with E-state index < -0.39 is 5.54 Å². The van der Waals surface area contributed by atoms with Crippen LogP contribution in [0.3, 0.4) is 0 Å². The van der Waals surface area contributed by atoms with Crippen LogP contribution in [0.4, 0.5) is 0 Å². The van der Waals surface area contributed by atoms with Crippen LogP contribution in [0.1, 0.15) is 39.5 Å². The van der Waals surface area contributed by atoms with E-state index in [0.29, 0.717) is 5.92 Å². The molecule has 1 aliphatic rings. The molecule has 4 heteroatoms. The van der Waals surface area contributed by atoms with Gasteiger partial charge >= 0.3 is 0 Å². The molecule has 3 unspecified atom stereocenters. The summed E-state index contributed by atoms with van der Waals surface area (Å²) in [4.78, 5) is 12.1. The highest BCUT2D eigenvalue weighted by atomic mass is 32.2. The zero-order valence-corrected chi connectivity index (χ0v) is 11.4. The molecule has 0 aromatic heterocycles. The standard InChI is InChI=1S/C12H24N2OS/c1-9-5-4-6-12(13,7-9)11(15)14-10(2)8-16-3/h9-10H,4-8,13H2,1-3H3,(H,14,15). The van der Waals surface area contributed by atoms with Gasteiger partial charge in [-0.2, -0.15) is 11.8 Å². The number of thioether (sulfide) groups is 1. The predicted octanol–water partition coefficient (Wildman–Crippen LogP) is 1.76. The van der Waals surface area contributed by atoms with Crippen LogP contribution in [0.25, 0.3) is 0 Å². The lowest BCUT2D eigenvalue weighted by atomic mass is 9.76. The fourth-order valence-electron chi connectivity index (χ4n) is 2.46. The minimum Gasteiger partial charge on any atom is -0.351 e. The van der Waals surface area contributed by atoms with Crippen LogP contribution in [0.15, 0.2) is 0 Å². The summed E-state index contributed by atoms with van der Waals surface area (Å²) in [6.07, 6.45) is 5.97. The molecule has 3 nitrogen and oxygen atoms in total. The Balaban J connectivity index is 2.51. The van der Waals surface area contributed by atoms with Crippen molar-refractivity contribution in [1.29, 1.82) is 0 Å². The van der Waals surface area contributed by atoms with Gasteiger partial charge in [0.15, 0.2) is 0 Å². The van der Waals surface area contributed by atoms with Crippen molar-refractivity contribution >= 4 is 17.7 Å². The highest BCUT2D eigenvalue weighted by Crippen LogP contribution is 2.30. The lowest BCUT2D eigenvalue weighted by Gasteiger charge is -2.36. The number of amides is 1. The van der Waals surface area contributed by atoms with Gasteiger partial charge < -0.3 is 11.1 Å². The number of nitrogens with one attached hydrogen (secondary N) is 1. The molecule has 3 N–H and O–H groups in total. The number of hydrogen-bond acceptors (Lipinski definition) is 3. The Bertz CT molecular complexity index is 247. The Labute approximate surface area is 103 Å². The second-order valence-corrected chi connectivity index (χ2v) is 6.10. The summed E-state index contributed by atoms with van der Waals surface area (Å²) >= 11 is 1.74. The summed E-state index contributed by atoms with van der Waals surface area (Å²) in [5, 5.41) is 3.03. The van der Waals surface area contributed by atoms with Gasteiger partial charge in [-0.1, -0.05) is 19.8 Å². The van der Waals surface area contributed by atoms with E-state index in [1.54, 1.807) is 11.8 Å². The Morgan fingerprint density at radius 1 is 1.69 bits per heavy atom. The van der Waals surface area contributed by atoms with Crippen LogP contribution in [0.2, 0.25) is 0 Å². The minimum atomic E-state index is -0.621. The maximum absolute atomic E-state index is 12.1. The van der Waals surface area contributed by atoms with E-state index in [-0.39, 0.29) is 11.9 Å². The van der Waals surface area contributed by atoms with Crippen molar-refractivity contribution in [1.82, 2.24) is 5.32 Å². The van der Waals surface area contributed by atoms with E-state index >= 15 is 0 Å². The molecule has 0 spiro atoms. The molecule has 0 bridgehead atoms. The predicted molar refractivity (Wildman–Crippen MR) is 70.5 cm³/mol. The molecule has 0 aliphatic heterocycles. The van der Waals surface area contributed by atoms with E-state index in [2.05, 4.69) is 12.2 Å². The Morgan fingerprint density at radius 3 is 2.94 bits per heavy atom. The normalized spacial score (nSPS) is 32.1. The molecular formula is C12H24N2OS. The van der Waals surface area contributed by atoms with Crippen molar-refractivity contribution in [3.63, 3.8) is 0 Å². The van der Waals surface area contributed by atoms with Crippen molar-refractivity contribution in [2.75, 3.05) is 12.0 Å². The Kier molecular flexibility index (Phi) is 5.12. The summed E-state index contributed by atoms with van der Waals surface area (Å²) in [7, 11) is 0. The Hall–Kier alpha value is -0.220. The quantitative estimate of drug-likeness (QED) is 0.792. The number of nitrogens with two attached hydrogens (primary N) is 1. The SMILES string of the molecule is CSCC(C)NC(=O)C1(N)CCCC(C)C1. The van der Waals surface area contributed by atoms with Gasteiger partial charge in [-0.15, -0.1) is 0 Å². The second kappa shape index (κ2) is 5.92. The lowest BCUT2D eigenvalue weighted by Crippen LogP contribution is -2.58. The van der Waals surface area contributed by atoms with Crippen LogP contribution < -0.4 is 11.1 Å². The minimum absolute atomic E-state index is 0.0422. The Morgan fingerprint density at radius 2 is 2.38 bits per heavy atom. The molecule has 1 aliphatic carbocycles. The molecule has 3 atom stereocenters. The molecule has 16 heavy (non-hydrogen) atoms. The molecule has 0 heterocycles. The van der Waals surface area contributed by atoms with Gasteiger partial charge in [0.2, 0.25) is 5.91 Å². The molecule has 1 rings (SSSR count). The molecule has 1 amide bonds. The topological polar surface area (TPSA) is 55.1 Å². The zero-order chi connectivity index (χ0) is 12.2. The van der Waals surface area contributed by atoms with Crippen LogP contribution in [-0.4, -0.2) is 29.5 Å². The first-order valence-corrected chi connectivity index (χ1v) is 7.46. The maximum Gasteiger partial charge on any atom is 0.240 e. The average Bonchev–Trinajstić information content (AvgIpc) is 2.17. The van der Waals surface area contributed by atoms with E-state index in [4.69, 9.17) is 5.73 Å². The third-order valence-corrected chi connectivity index (χ3v) is 4.11.